The van der Waals surface area contributed by atoms with Gasteiger partial charge in [-0.1, -0.05) is 24.3 Å². The molecule has 1 aliphatic rings. The van der Waals surface area contributed by atoms with Crippen molar-refractivity contribution in [2.75, 3.05) is 33.4 Å². The zero-order chi connectivity index (χ0) is 19.3. The molecule has 0 aromatic heterocycles. The van der Waals surface area contributed by atoms with Crippen LogP contribution in [-0.2, 0) is 26.1 Å². The topological polar surface area (TPSA) is 82.1 Å². The predicted molar refractivity (Wildman–Crippen MR) is 98.1 cm³/mol. The van der Waals surface area contributed by atoms with Crippen LogP contribution in [0.15, 0.2) is 53.4 Å². The van der Waals surface area contributed by atoms with Gasteiger partial charge < -0.3 is 14.2 Å². The molecule has 144 valence electrons. The molecule has 0 radical (unpaired) electrons. The van der Waals surface area contributed by atoms with E-state index in [4.69, 9.17) is 14.2 Å². The average Bonchev–Trinajstić information content (AvgIpc) is 2.72. The Morgan fingerprint density at radius 1 is 1.11 bits per heavy atom. The molecule has 7 nitrogen and oxygen atoms in total. The number of carbonyl (C=O) groups excluding carboxylic acids is 1. The molecule has 1 fully saturated rings. The first-order valence-electron chi connectivity index (χ1n) is 8.49. The highest BCUT2D eigenvalue weighted by atomic mass is 32.2. The normalized spacial score (nSPS) is 15.3. The highest BCUT2D eigenvalue weighted by Gasteiger charge is 2.26. The van der Waals surface area contributed by atoms with Crippen LogP contribution in [0.4, 0.5) is 0 Å². The Kier molecular flexibility index (Phi) is 6.10. The average molecular weight is 391 g/mol. The lowest BCUT2D eigenvalue weighted by atomic mass is 10.2. The second-order valence-electron chi connectivity index (χ2n) is 5.94. The maximum atomic E-state index is 12.7. The molecule has 0 saturated carbocycles. The fourth-order valence-corrected chi connectivity index (χ4v) is 4.25. The Hall–Kier alpha value is -2.42. The van der Waals surface area contributed by atoms with Crippen molar-refractivity contribution in [1.82, 2.24) is 4.31 Å². The van der Waals surface area contributed by atoms with Crippen molar-refractivity contribution in [2.24, 2.45) is 0 Å². The van der Waals surface area contributed by atoms with Crippen LogP contribution in [-0.4, -0.2) is 52.1 Å². The molecule has 2 aromatic rings. The Morgan fingerprint density at radius 2 is 1.85 bits per heavy atom. The van der Waals surface area contributed by atoms with Crippen LogP contribution in [0.2, 0.25) is 0 Å². The Balaban J connectivity index is 1.71. The molecular weight excluding hydrogens is 370 g/mol. The number of hydrogen-bond donors (Lipinski definition) is 0. The van der Waals surface area contributed by atoms with Crippen LogP contribution in [0.1, 0.15) is 15.9 Å². The molecule has 27 heavy (non-hydrogen) atoms. The Labute approximate surface area is 158 Å². The summed E-state index contributed by atoms with van der Waals surface area (Å²) in [4.78, 5) is 12.5. The number of carbonyl (C=O) groups is 1. The number of hydrogen-bond acceptors (Lipinski definition) is 6. The number of esters is 1. The molecule has 3 rings (SSSR count). The van der Waals surface area contributed by atoms with E-state index >= 15 is 0 Å². The molecule has 1 heterocycles. The summed E-state index contributed by atoms with van der Waals surface area (Å²) in [6, 6.07) is 13.2. The minimum Gasteiger partial charge on any atom is -0.496 e. The van der Waals surface area contributed by atoms with Crippen molar-refractivity contribution < 1.29 is 27.4 Å². The molecule has 1 saturated heterocycles. The van der Waals surface area contributed by atoms with Gasteiger partial charge >= 0.3 is 5.97 Å². The van der Waals surface area contributed by atoms with Crippen molar-refractivity contribution >= 4 is 16.0 Å². The van der Waals surface area contributed by atoms with Crippen LogP contribution >= 0.6 is 0 Å². The summed E-state index contributed by atoms with van der Waals surface area (Å²) < 4.78 is 42.5. The molecule has 2 aromatic carbocycles. The van der Waals surface area contributed by atoms with Crippen molar-refractivity contribution in [1.29, 1.82) is 0 Å². The lowest BCUT2D eigenvalue weighted by Crippen LogP contribution is -2.40. The van der Waals surface area contributed by atoms with Gasteiger partial charge in [-0.15, -0.1) is 0 Å². The van der Waals surface area contributed by atoms with E-state index in [-0.39, 0.29) is 11.5 Å². The number of para-hydroxylation sites is 1. The maximum Gasteiger partial charge on any atom is 0.342 e. The summed E-state index contributed by atoms with van der Waals surface area (Å²) in [6.45, 7) is 1.39. The first-order valence-corrected chi connectivity index (χ1v) is 9.93. The van der Waals surface area contributed by atoms with E-state index in [1.807, 2.05) is 0 Å². The number of nitrogens with zero attached hydrogens (tertiary/aromatic N) is 1. The third-order valence-corrected chi connectivity index (χ3v) is 6.10. The van der Waals surface area contributed by atoms with E-state index in [1.54, 1.807) is 36.4 Å². The second-order valence-corrected chi connectivity index (χ2v) is 7.88. The van der Waals surface area contributed by atoms with Crippen molar-refractivity contribution in [3.8, 4) is 5.75 Å². The number of ether oxygens (including phenoxy) is 3. The number of sulfonamides is 1. The quantitative estimate of drug-likeness (QED) is 0.701. The lowest BCUT2D eigenvalue weighted by molar-refractivity contribution is 0.0469. The second kappa shape index (κ2) is 8.51. The van der Waals surface area contributed by atoms with E-state index < -0.39 is 16.0 Å². The summed E-state index contributed by atoms with van der Waals surface area (Å²) in [6.07, 6.45) is 0. The molecule has 0 unspecified atom stereocenters. The Morgan fingerprint density at radius 3 is 2.59 bits per heavy atom. The van der Waals surface area contributed by atoms with Gasteiger partial charge in [0.2, 0.25) is 10.0 Å². The van der Waals surface area contributed by atoms with Gasteiger partial charge in [-0.05, 0) is 29.8 Å². The van der Waals surface area contributed by atoms with Gasteiger partial charge in [-0.25, -0.2) is 13.2 Å². The van der Waals surface area contributed by atoms with Crippen molar-refractivity contribution in [3.05, 3.63) is 59.7 Å². The van der Waals surface area contributed by atoms with Crippen LogP contribution in [0, 0.1) is 0 Å². The zero-order valence-corrected chi connectivity index (χ0v) is 15.8. The summed E-state index contributed by atoms with van der Waals surface area (Å²) in [7, 11) is -2.11. The molecule has 0 spiro atoms. The van der Waals surface area contributed by atoms with E-state index in [0.717, 1.165) is 0 Å². The zero-order valence-electron chi connectivity index (χ0n) is 15.0. The highest BCUT2D eigenvalue weighted by Crippen LogP contribution is 2.21. The number of morpholine rings is 1. The van der Waals surface area contributed by atoms with Crippen molar-refractivity contribution in [3.63, 3.8) is 0 Å². The number of rotatable bonds is 6. The monoisotopic (exact) mass is 391 g/mol. The molecule has 8 heteroatoms. The third kappa shape index (κ3) is 4.47. The summed E-state index contributed by atoms with van der Waals surface area (Å²) in [5, 5.41) is 0. The predicted octanol–water partition coefficient (Wildman–Crippen LogP) is 2.07. The van der Waals surface area contributed by atoms with Crippen LogP contribution < -0.4 is 4.74 Å². The number of methoxy groups -OCH3 is 1. The Bertz CT molecular complexity index is 906. The molecule has 0 atom stereocenters. The highest BCUT2D eigenvalue weighted by molar-refractivity contribution is 7.89. The molecule has 0 N–H and O–H groups in total. The van der Waals surface area contributed by atoms with Crippen LogP contribution in [0.3, 0.4) is 0 Å². The van der Waals surface area contributed by atoms with Gasteiger partial charge in [-0.3, -0.25) is 0 Å². The van der Waals surface area contributed by atoms with E-state index in [9.17, 15) is 13.2 Å². The number of benzene rings is 2. The first kappa shape index (κ1) is 19.3. The minimum atomic E-state index is -3.59. The molecule has 1 aliphatic heterocycles. The van der Waals surface area contributed by atoms with Crippen LogP contribution in [0.25, 0.3) is 0 Å². The molecular formula is C19H21NO6S. The third-order valence-electron chi connectivity index (χ3n) is 4.20. The van der Waals surface area contributed by atoms with Gasteiger partial charge in [-0.2, -0.15) is 4.31 Å². The fraction of sp³-hybridized carbons (Fsp3) is 0.316. The lowest BCUT2D eigenvalue weighted by Gasteiger charge is -2.26. The van der Waals surface area contributed by atoms with Crippen molar-refractivity contribution in [2.45, 2.75) is 11.5 Å². The van der Waals surface area contributed by atoms with Gasteiger partial charge in [0, 0.05) is 13.1 Å². The van der Waals surface area contributed by atoms with E-state index in [0.29, 0.717) is 43.2 Å². The molecule has 0 aliphatic carbocycles. The van der Waals surface area contributed by atoms with E-state index in [1.165, 1.54) is 23.5 Å². The fourth-order valence-electron chi connectivity index (χ4n) is 2.77. The minimum absolute atomic E-state index is 0.0383. The van der Waals surface area contributed by atoms with Gasteiger partial charge in [0.1, 0.15) is 17.9 Å². The summed E-state index contributed by atoms with van der Waals surface area (Å²) in [5.41, 5.74) is 0.907. The SMILES string of the molecule is COc1ccccc1C(=O)OCc1cccc(S(=O)(=O)N2CCOCC2)c1. The van der Waals surface area contributed by atoms with Gasteiger partial charge in [0.05, 0.1) is 25.2 Å². The molecule has 0 amide bonds. The summed E-state index contributed by atoms with van der Waals surface area (Å²) >= 11 is 0. The maximum absolute atomic E-state index is 12.7. The first-order chi connectivity index (χ1) is 13.0. The van der Waals surface area contributed by atoms with Gasteiger partial charge in [0.25, 0.3) is 0 Å². The summed E-state index contributed by atoms with van der Waals surface area (Å²) in [5.74, 6) is -0.111. The standard InChI is InChI=1S/C19H21NO6S/c1-24-18-8-3-2-7-17(18)19(21)26-14-15-5-4-6-16(13-15)27(22,23)20-9-11-25-12-10-20/h2-8,13H,9-12,14H2,1H3. The molecule has 0 bridgehead atoms. The van der Waals surface area contributed by atoms with Gasteiger partial charge in [0.15, 0.2) is 0 Å². The van der Waals surface area contributed by atoms with Crippen LogP contribution in [0.5, 0.6) is 5.75 Å². The largest absolute Gasteiger partial charge is 0.496 e. The smallest absolute Gasteiger partial charge is 0.342 e. The van der Waals surface area contributed by atoms with E-state index in [2.05, 4.69) is 0 Å².